The summed E-state index contributed by atoms with van der Waals surface area (Å²) >= 11 is 0. The fraction of sp³-hybridized carbons (Fsp3) is 0.300. The van der Waals surface area contributed by atoms with Crippen LogP contribution < -0.4 is 14.8 Å². The molecule has 2 rings (SSSR count). The summed E-state index contributed by atoms with van der Waals surface area (Å²) in [5.41, 5.74) is 1.86. The van der Waals surface area contributed by atoms with Gasteiger partial charge in [0.1, 0.15) is 0 Å². The van der Waals surface area contributed by atoms with E-state index in [0.29, 0.717) is 23.5 Å². The highest BCUT2D eigenvalue weighted by Crippen LogP contribution is 2.27. The highest BCUT2D eigenvalue weighted by atomic mass is 16.5. The summed E-state index contributed by atoms with van der Waals surface area (Å²) in [7, 11) is 3.16. The summed E-state index contributed by atoms with van der Waals surface area (Å²) in [6.45, 7) is 1.92. The zero-order valence-electron chi connectivity index (χ0n) is 15.1. The van der Waals surface area contributed by atoms with Crippen LogP contribution in [0.25, 0.3) is 0 Å². The highest BCUT2D eigenvalue weighted by Gasteiger charge is 2.12. The van der Waals surface area contributed by atoms with Crippen LogP contribution in [0, 0.1) is 0 Å². The molecule has 1 amide bonds. The molecule has 0 aliphatic heterocycles. The Kier molecular flexibility index (Phi) is 6.60. The lowest BCUT2D eigenvalue weighted by Gasteiger charge is -2.15. The maximum Gasteiger partial charge on any atom is 0.335 e. The summed E-state index contributed by atoms with van der Waals surface area (Å²) < 4.78 is 10.5. The minimum absolute atomic E-state index is 0.0803. The van der Waals surface area contributed by atoms with Gasteiger partial charge in [0.05, 0.1) is 26.2 Å². The number of ether oxygens (including phenoxy) is 2. The van der Waals surface area contributed by atoms with Gasteiger partial charge in [-0.15, -0.1) is 0 Å². The van der Waals surface area contributed by atoms with Gasteiger partial charge in [-0.25, -0.2) is 4.79 Å². The van der Waals surface area contributed by atoms with E-state index < -0.39 is 5.97 Å². The second-order valence-electron chi connectivity index (χ2n) is 6.04. The molecule has 0 heterocycles. The third-order valence-electron chi connectivity index (χ3n) is 3.94. The fourth-order valence-corrected chi connectivity index (χ4v) is 2.74. The summed E-state index contributed by atoms with van der Waals surface area (Å²) in [5.74, 6) is 0.148. The number of carbonyl (C=O) groups is 2. The molecule has 1 unspecified atom stereocenters. The minimum Gasteiger partial charge on any atom is -0.493 e. The molecule has 0 bridgehead atoms. The number of hydrogen-bond donors (Lipinski definition) is 2. The lowest BCUT2D eigenvalue weighted by Crippen LogP contribution is -2.35. The number of nitrogens with one attached hydrogen (secondary N) is 1. The van der Waals surface area contributed by atoms with E-state index in [0.717, 1.165) is 5.56 Å². The quantitative estimate of drug-likeness (QED) is 0.759. The largest absolute Gasteiger partial charge is 0.493 e. The summed E-state index contributed by atoms with van der Waals surface area (Å²) in [5, 5.41) is 11.9. The first kappa shape index (κ1) is 19.3. The number of hydrogen-bond acceptors (Lipinski definition) is 4. The van der Waals surface area contributed by atoms with Crippen LogP contribution in [0.4, 0.5) is 0 Å². The van der Waals surface area contributed by atoms with Crippen molar-refractivity contribution in [2.45, 2.75) is 25.8 Å². The zero-order chi connectivity index (χ0) is 19.1. The van der Waals surface area contributed by atoms with Crippen LogP contribution in [-0.2, 0) is 17.6 Å². The molecule has 1 atom stereocenters. The highest BCUT2D eigenvalue weighted by molar-refractivity contribution is 5.88. The molecule has 0 spiro atoms. The van der Waals surface area contributed by atoms with E-state index in [-0.39, 0.29) is 23.9 Å². The zero-order valence-corrected chi connectivity index (χ0v) is 15.1. The first-order valence-corrected chi connectivity index (χ1v) is 8.25. The molecule has 6 heteroatoms. The van der Waals surface area contributed by atoms with E-state index in [1.54, 1.807) is 26.4 Å². The molecular formula is C20H23NO5. The standard InChI is InChI=1S/C20H23NO5/c1-13(9-15-7-8-17(25-2)18(11-15)26-3)21-19(22)12-14-5-4-6-16(10-14)20(23)24/h4-8,10-11,13H,9,12H2,1-3H3,(H,21,22)(H,23,24). The third kappa shape index (κ3) is 5.24. The van der Waals surface area contributed by atoms with E-state index in [2.05, 4.69) is 5.32 Å². The Morgan fingerprint density at radius 2 is 1.77 bits per heavy atom. The summed E-state index contributed by atoms with van der Waals surface area (Å²) in [6.07, 6.45) is 0.776. The maximum atomic E-state index is 12.2. The Balaban J connectivity index is 1.95. The molecule has 0 fully saturated rings. The number of carboxylic acids is 1. The summed E-state index contributed by atoms with van der Waals surface area (Å²) in [6, 6.07) is 12.0. The Morgan fingerprint density at radius 1 is 1.04 bits per heavy atom. The van der Waals surface area contributed by atoms with Gasteiger partial charge < -0.3 is 19.9 Å². The van der Waals surface area contributed by atoms with Crippen LogP contribution in [0.5, 0.6) is 11.5 Å². The Labute approximate surface area is 152 Å². The lowest BCUT2D eigenvalue weighted by molar-refractivity contribution is -0.121. The first-order valence-electron chi connectivity index (χ1n) is 8.25. The number of aromatic carboxylic acids is 1. The van der Waals surface area contributed by atoms with E-state index in [1.165, 1.54) is 12.1 Å². The molecule has 0 aromatic heterocycles. The molecule has 0 saturated carbocycles. The van der Waals surface area contributed by atoms with Crippen LogP contribution in [0.2, 0.25) is 0 Å². The minimum atomic E-state index is -1.01. The van der Waals surface area contributed by atoms with Crippen LogP contribution in [-0.4, -0.2) is 37.2 Å². The van der Waals surface area contributed by atoms with Crippen LogP contribution in [0.3, 0.4) is 0 Å². The molecule has 0 radical (unpaired) electrons. The normalized spacial score (nSPS) is 11.5. The second kappa shape index (κ2) is 8.89. The topological polar surface area (TPSA) is 84.9 Å². The van der Waals surface area contributed by atoms with Crippen LogP contribution in [0.15, 0.2) is 42.5 Å². The lowest BCUT2D eigenvalue weighted by atomic mass is 10.0. The molecule has 0 aliphatic carbocycles. The Morgan fingerprint density at radius 3 is 2.42 bits per heavy atom. The molecule has 138 valence electrons. The van der Waals surface area contributed by atoms with E-state index >= 15 is 0 Å². The number of carbonyl (C=O) groups excluding carboxylic acids is 1. The van der Waals surface area contributed by atoms with Gasteiger partial charge in [0, 0.05) is 6.04 Å². The van der Waals surface area contributed by atoms with Gasteiger partial charge in [-0.05, 0) is 48.7 Å². The third-order valence-corrected chi connectivity index (χ3v) is 3.94. The molecule has 2 aromatic rings. The Bertz CT molecular complexity index is 788. The molecule has 2 N–H and O–H groups in total. The Hall–Kier alpha value is -3.02. The van der Waals surface area contributed by atoms with Crippen molar-refractivity contribution < 1.29 is 24.2 Å². The predicted molar refractivity (Wildman–Crippen MR) is 98.0 cm³/mol. The molecule has 6 nitrogen and oxygen atoms in total. The molecule has 0 saturated heterocycles. The second-order valence-corrected chi connectivity index (χ2v) is 6.04. The van der Waals surface area contributed by atoms with Gasteiger partial charge in [-0.1, -0.05) is 18.2 Å². The van der Waals surface area contributed by atoms with Crippen molar-refractivity contribution in [1.82, 2.24) is 5.32 Å². The summed E-state index contributed by atoms with van der Waals surface area (Å²) in [4.78, 5) is 23.2. The molecule has 26 heavy (non-hydrogen) atoms. The van der Waals surface area contributed by atoms with Crippen LogP contribution in [0.1, 0.15) is 28.4 Å². The van der Waals surface area contributed by atoms with Gasteiger partial charge in [0.15, 0.2) is 11.5 Å². The smallest absolute Gasteiger partial charge is 0.335 e. The average molecular weight is 357 g/mol. The fourth-order valence-electron chi connectivity index (χ4n) is 2.74. The van der Waals surface area contributed by atoms with Crippen molar-refractivity contribution in [2.24, 2.45) is 0 Å². The molecule has 0 aliphatic rings. The number of rotatable bonds is 8. The number of amides is 1. The maximum absolute atomic E-state index is 12.2. The van der Waals surface area contributed by atoms with Crippen molar-refractivity contribution in [3.05, 3.63) is 59.2 Å². The van der Waals surface area contributed by atoms with Crippen molar-refractivity contribution in [3.8, 4) is 11.5 Å². The van der Waals surface area contributed by atoms with Gasteiger partial charge in [-0.3, -0.25) is 4.79 Å². The van der Waals surface area contributed by atoms with Gasteiger partial charge in [0.25, 0.3) is 0 Å². The van der Waals surface area contributed by atoms with Gasteiger partial charge in [0.2, 0.25) is 5.91 Å². The van der Waals surface area contributed by atoms with E-state index in [9.17, 15) is 9.59 Å². The monoisotopic (exact) mass is 357 g/mol. The van der Waals surface area contributed by atoms with Crippen LogP contribution >= 0.6 is 0 Å². The number of benzene rings is 2. The van der Waals surface area contributed by atoms with E-state index in [1.807, 2.05) is 25.1 Å². The number of carboxylic acid groups (broad SMARTS) is 1. The first-order chi connectivity index (χ1) is 12.4. The van der Waals surface area contributed by atoms with E-state index in [4.69, 9.17) is 14.6 Å². The van der Waals surface area contributed by atoms with Crippen molar-refractivity contribution in [3.63, 3.8) is 0 Å². The van der Waals surface area contributed by atoms with Crippen molar-refractivity contribution >= 4 is 11.9 Å². The average Bonchev–Trinajstić information content (AvgIpc) is 2.61. The molecule has 2 aromatic carbocycles. The SMILES string of the molecule is COc1ccc(CC(C)NC(=O)Cc2cccc(C(=O)O)c2)cc1OC. The van der Waals surface area contributed by atoms with Gasteiger partial charge >= 0.3 is 5.97 Å². The number of methoxy groups -OCH3 is 2. The van der Waals surface area contributed by atoms with Crippen molar-refractivity contribution in [1.29, 1.82) is 0 Å². The predicted octanol–water partition coefficient (Wildman–Crippen LogP) is 2.69. The van der Waals surface area contributed by atoms with Crippen molar-refractivity contribution in [2.75, 3.05) is 14.2 Å². The van der Waals surface area contributed by atoms with Gasteiger partial charge in [-0.2, -0.15) is 0 Å². The molecular weight excluding hydrogens is 334 g/mol.